The molecule has 0 spiro atoms. The van der Waals surface area contributed by atoms with Crippen molar-refractivity contribution in [3.05, 3.63) is 66.2 Å². The van der Waals surface area contributed by atoms with E-state index in [0.29, 0.717) is 12.5 Å². The van der Waals surface area contributed by atoms with Crippen LogP contribution in [0.15, 0.2) is 60.7 Å². The number of carbonyl (C=O) groups is 1. The van der Waals surface area contributed by atoms with E-state index in [2.05, 4.69) is 34.5 Å². The number of nitrogens with one attached hydrogen (secondary N) is 1. The van der Waals surface area contributed by atoms with Crippen LogP contribution in [0.2, 0.25) is 0 Å². The van der Waals surface area contributed by atoms with Crippen molar-refractivity contribution in [3.63, 3.8) is 0 Å². The molecule has 1 aliphatic carbocycles. The second-order valence-corrected chi connectivity index (χ2v) is 5.85. The van der Waals surface area contributed by atoms with Crippen molar-refractivity contribution in [2.45, 2.75) is 31.8 Å². The third-order valence-corrected chi connectivity index (χ3v) is 3.98. The lowest BCUT2D eigenvalue weighted by Crippen LogP contribution is -2.29. The monoisotopic (exact) mass is 294 g/mol. The number of amides is 1. The van der Waals surface area contributed by atoms with Crippen LogP contribution in [0.5, 0.6) is 0 Å². The number of nitrogens with zero attached hydrogens (tertiary/aromatic N) is 1. The first-order valence-electron chi connectivity index (χ1n) is 7.94. The highest BCUT2D eigenvalue weighted by molar-refractivity contribution is 5.90. The zero-order valence-electron chi connectivity index (χ0n) is 12.7. The van der Waals surface area contributed by atoms with Gasteiger partial charge in [0.1, 0.15) is 0 Å². The molecular weight excluding hydrogens is 272 g/mol. The number of anilines is 1. The quantitative estimate of drug-likeness (QED) is 0.845. The molecule has 3 rings (SSSR count). The molecule has 0 radical (unpaired) electrons. The minimum absolute atomic E-state index is 0.0879. The van der Waals surface area contributed by atoms with Crippen LogP contribution < -0.4 is 5.32 Å². The molecule has 22 heavy (non-hydrogen) atoms. The van der Waals surface area contributed by atoms with E-state index in [-0.39, 0.29) is 5.91 Å². The van der Waals surface area contributed by atoms with Crippen molar-refractivity contribution in [1.82, 2.24) is 4.90 Å². The molecule has 1 N–H and O–H groups in total. The van der Waals surface area contributed by atoms with Gasteiger partial charge in [0.05, 0.1) is 0 Å². The Bertz CT molecular complexity index is 593. The molecule has 0 atom stereocenters. The number of carbonyl (C=O) groups excluding carboxylic acids is 1. The van der Waals surface area contributed by atoms with Gasteiger partial charge in [0.2, 0.25) is 5.91 Å². The maximum atomic E-state index is 12.1. The number of hydrogen-bond acceptors (Lipinski definition) is 2. The van der Waals surface area contributed by atoms with Crippen LogP contribution in [0, 0.1) is 0 Å². The minimum atomic E-state index is 0.0879. The molecule has 0 aliphatic heterocycles. The molecule has 0 unspecified atom stereocenters. The molecule has 1 saturated carbocycles. The zero-order chi connectivity index (χ0) is 15.2. The second-order valence-electron chi connectivity index (χ2n) is 5.85. The van der Waals surface area contributed by atoms with Gasteiger partial charge in [-0.1, -0.05) is 48.5 Å². The molecule has 0 aromatic heterocycles. The molecule has 2 aromatic rings. The van der Waals surface area contributed by atoms with Crippen LogP contribution in [0.3, 0.4) is 0 Å². The van der Waals surface area contributed by atoms with Crippen molar-refractivity contribution < 1.29 is 4.79 Å². The molecule has 0 bridgehead atoms. The second kappa shape index (κ2) is 7.23. The van der Waals surface area contributed by atoms with Gasteiger partial charge in [-0.2, -0.15) is 0 Å². The van der Waals surface area contributed by atoms with Gasteiger partial charge in [0.25, 0.3) is 0 Å². The third-order valence-electron chi connectivity index (χ3n) is 3.98. The summed E-state index contributed by atoms with van der Waals surface area (Å²) in [6.07, 6.45) is 3.05. The van der Waals surface area contributed by atoms with Crippen molar-refractivity contribution in [3.8, 4) is 0 Å². The van der Waals surface area contributed by atoms with Gasteiger partial charge < -0.3 is 5.32 Å². The SMILES string of the molecule is O=C(CCN(Cc1ccccc1)C1CC1)Nc1ccccc1. The molecule has 0 heterocycles. The zero-order valence-corrected chi connectivity index (χ0v) is 12.7. The average molecular weight is 294 g/mol. The van der Waals surface area contributed by atoms with Crippen molar-refractivity contribution in [2.75, 3.05) is 11.9 Å². The highest BCUT2D eigenvalue weighted by Gasteiger charge is 2.28. The van der Waals surface area contributed by atoms with Crippen LogP contribution in [-0.2, 0) is 11.3 Å². The van der Waals surface area contributed by atoms with Crippen LogP contribution >= 0.6 is 0 Å². The highest BCUT2D eigenvalue weighted by atomic mass is 16.1. The largest absolute Gasteiger partial charge is 0.326 e. The summed E-state index contributed by atoms with van der Waals surface area (Å²) < 4.78 is 0. The summed E-state index contributed by atoms with van der Waals surface area (Å²) in [5.74, 6) is 0.0879. The van der Waals surface area contributed by atoms with Crippen molar-refractivity contribution in [1.29, 1.82) is 0 Å². The van der Waals surface area contributed by atoms with Crippen molar-refractivity contribution >= 4 is 11.6 Å². The maximum absolute atomic E-state index is 12.1. The van der Waals surface area contributed by atoms with Gasteiger partial charge in [-0.25, -0.2) is 0 Å². The number of hydrogen-bond donors (Lipinski definition) is 1. The Hall–Kier alpha value is -2.13. The van der Waals surface area contributed by atoms with Crippen molar-refractivity contribution in [2.24, 2.45) is 0 Å². The maximum Gasteiger partial charge on any atom is 0.225 e. The Balaban J connectivity index is 1.50. The Morgan fingerprint density at radius 2 is 1.64 bits per heavy atom. The van der Waals surface area contributed by atoms with Gasteiger partial charge in [-0.3, -0.25) is 9.69 Å². The Kier molecular flexibility index (Phi) is 4.86. The lowest BCUT2D eigenvalue weighted by molar-refractivity contribution is -0.116. The molecule has 3 nitrogen and oxygen atoms in total. The number of rotatable bonds is 7. The van der Waals surface area contributed by atoms with Crippen LogP contribution in [0.1, 0.15) is 24.8 Å². The van der Waals surface area contributed by atoms with E-state index in [1.807, 2.05) is 36.4 Å². The summed E-state index contributed by atoms with van der Waals surface area (Å²) in [5.41, 5.74) is 2.19. The normalized spacial score (nSPS) is 14.0. The predicted molar refractivity (Wildman–Crippen MR) is 89.6 cm³/mol. The lowest BCUT2D eigenvalue weighted by atomic mass is 10.2. The van der Waals surface area contributed by atoms with Crippen LogP contribution in [0.25, 0.3) is 0 Å². The first kappa shape index (κ1) is 14.8. The van der Waals surface area contributed by atoms with E-state index in [0.717, 1.165) is 18.8 Å². The van der Waals surface area contributed by atoms with E-state index in [1.54, 1.807) is 0 Å². The molecule has 1 amide bonds. The summed E-state index contributed by atoms with van der Waals surface area (Å²) in [4.78, 5) is 14.5. The van der Waals surface area contributed by atoms with Gasteiger partial charge in [-0.15, -0.1) is 0 Å². The smallest absolute Gasteiger partial charge is 0.225 e. The van der Waals surface area contributed by atoms with Gasteiger partial charge in [0, 0.05) is 31.2 Å². The molecular formula is C19H22N2O. The average Bonchev–Trinajstić information content (AvgIpc) is 3.38. The summed E-state index contributed by atoms with van der Waals surface area (Å²) >= 11 is 0. The first-order chi connectivity index (χ1) is 10.8. The van der Waals surface area contributed by atoms with E-state index in [4.69, 9.17) is 0 Å². The summed E-state index contributed by atoms with van der Waals surface area (Å²) in [5, 5.41) is 2.95. The van der Waals surface area contributed by atoms with Crippen LogP contribution in [0.4, 0.5) is 5.69 Å². The predicted octanol–water partition coefficient (Wildman–Crippen LogP) is 3.68. The fraction of sp³-hybridized carbons (Fsp3) is 0.316. The molecule has 1 fully saturated rings. The standard InChI is InChI=1S/C19H22N2O/c22-19(20-17-9-5-2-6-10-17)13-14-21(18-11-12-18)15-16-7-3-1-4-8-16/h1-10,18H,11-15H2,(H,20,22). The van der Waals surface area contributed by atoms with E-state index in [9.17, 15) is 4.79 Å². The van der Waals surface area contributed by atoms with E-state index >= 15 is 0 Å². The first-order valence-corrected chi connectivity index (χ1v) is 7.94. The Labute approximate surface area is 132 Å². The Morgan fingerprint density at radius 3 is 2.27 bits per heavy atom. The van der Waals surface area contributed by atoms with E-state index < -0.39 is 0 Å². The van der Waals surface area contributed by atoms with Crippen LogP contribution in [-0.4, -0.2) is 23.4 Å². The Morgan fingerprint density at radius 1 is 1.00 bits per heavy atom. The molecule has 2 aromatic carbocycles. The summed E-state index contributed by atoms with van der Waals surface area (Å²) in [6, 6.07) is 20.8. The molecule has 3 heteroatoms. The molecule has 114 valence electrons. The van der Waals surface area contributed by atoms with Gasteiger partial charge >= 0.3 is 0 Å². The molecule has 1 aliphatic rings. The summed E-state index contributed by atoms with van der Waals surface area (Å²) in [6.45, 7) is 1.75. The fourth-order valence-electron chi connectivity index (χ4n) is 2.64. The lowest BCUT2D eigenvalue weighted by Gasteiger charge is -2.21. The molecule has 0 saturated heterocycles. The fourth-order valence-corrected chi connectivity index (χ4v) is 2.64. The topological polar surface area (TPSA) is 32.3 Å². The summed E-state index contributed by atoms with van der Waals surface area (Å²) in [7, 11) is 0. The number of benzene rings is 2. The van der Waals surface area contributed by atoms with Gasteiger partial charge in [-0.05, 0) is 30.5 Å². The number of para-hydroxylation sites is 1. The minimum Gasteiger partial charge on any atom is -0.326 e. The van der Waals surface area contributed by atoms with E-state index in [1.165, 1.54) is 18.4 Å². The van der Waals surface area contributed by atoms with Gasteiger partial charge in [0.15, 0.2) is 0 Å². The third kappa shape index (κ3) is 4.43. The highest BCUT2D eigenvalue weighted by Crippen LogP contribution is 2.28.